The average Bonchev–Trinajstić information content (AvgIpc) is 2.46. The molecule has 1 rings (SSSR count). The van der Waals surface area contributed by atoms with Crippen LogP contribution in [0.25, 0.3) is 0 Å². The predicted molar refractivity (Wildman–Crippen MR) is 32.6 cm³/mol. The molecule has 1 saturated heterocycles. The van der Waals surface area contributed by atoms with Gasteiger partial charge in [0.25, 0.3) is 0 Å². The minimum absolute atomic E-state index is 0.0170. The monoisotopic (exact) mass is 260 g/mol. The molecule has 0 aliphatic carbocycles. The molecule has 10 heavy (non-hydrogen) atoms. The summed E-state index contributed by atoms with van der Waals surface area (Å²) in [5.41, 5.74) is 0. The maximum atomic E-state index is 8.83. The standard InChI is InChI=1S/C6H12IO3/c1-9-6-2-4(7)5(3-8)10-6/h4-8H,2-3H2,1H3/q-1/t4-,5-,6?/m1/s1/i7D. The normalized spacial score (nSPS) is 42.2. The fourth-order valence-electron chi connectivity index (χ4n) is 0.981. The molecule has 0 radical (unpaired) electrons. The molecular weight excluding hydrogens is 247 g/mol. The number of hydrogen-bond acceptors (Lipinski definition) is 3. The van der Waals surface area contributed by atoms with Gasteiger partial charge in [0, 0.05) is 0 Å². The third-order valence-corrected chi connectivity index (χ3v) is 2.90. The first-order chi connectivity index (χ1) is 5.31. The molecule has 0 amide bonds. The number of aliphatic hydroxyl groups excluding tert-OH is 1. The fraction of sp³-hybridized carbons (Fsp3) is 1.00. The summed E-state index contributed by atoms with van der Waals surface area (Å²) in [7, 11) is 1.59. The van der Waals surface area contributed by atoms with E-state index < -0.39 is 22.4 Å². The number of aliphatic hydroxyl groups is 1. The molecule has 1 N–H and O–H groups in total. The number of methoxy groups -OCH3 is 1. The second-order valence-electron chi connectivity index (χ2n) is 2.27. The van der Waals surface area contributed by atoms with Crippen molar-refractivity contribution in [1.29, 1.82) is 0.594 Å². The molecule has 0 saturated carbocycles. The van der Waals surface area contributed by atoms with Gasteiger partial charge >= 0.3 is 74.0 Å². The van der Waals surface area contributed by atoms with Crippen LogP contribution in [-0.4, -0.2) is 35.7 Å². The number of halogens is 1. The van der Waals surface area contributed by atoms with Crippen molar-refractivity contribution in [2.24, 2.45) is 0 Å². The molecule has 1 aliphatic rings. The number of alkyl halides is 1. The summed E-state index contributed by atoms with van der Waals surface area (Å²) in [6, 6.07) is 0. The van der Waals surface area contributed by atoms with Crippen LogP contribution in [0.2, 0.25) is 0 Å². The van der Waals surface area contributed by atoms with Gasteiger partial charge in [-0.3, -0.25) is 0 Å². The first-order valence-corrected chi connectivity index (χ1v) is 4.45. The van der Waals surface area contributed by atoms with Gasteiger partial charge in [0.2, 0.25) is 0 Å². The van der Waals surface area contributed by atoms with Crippen LogP contribution in [0.15, 0.2) is 0 Å². The van der Waals surface area contributed by atoms with Crippen molar-refractivity contribution in [3.8, 4) is 0 Å². The van der Waals surface area contributed by atoms with E-state index in [4.69, 9.17) is 15.2 Å². The van der Waals surface area contributed by atoms with E-state index in [2.05, 4.69) is 0 Å². The third kappa shape index (κ3) is 1.81. The summed E-state index contributed by atoms with van der Waals surface area (Å²) in [5, 5.41) is 8.83. The van der Waals surface area contributed by atoms with Crippen LogP contribution < -0.4 is 22.4 Å². The van der Waals surface area contributed by atoms with Gasteiger partial charge in [-0.05, 0) is 0 Å². The Balaban J connectivity index is 2.41. The van der Waals surface area contributed by atoms with Crippen LogP contribution in [0, 0.1) is 0 Å². The molecule has 0 aromatic heterocycles. The zero-order valence-electron chi connectivity index (χ0n) is 6.79. The van der Waals surface area contributed by atoms with Crippen molar-refractivity contribution >= 4 is 0 Å². The Morgan fingerprint density at radius 3 is 3.20 bits per heavy atom. The Morgan fingerprint density at radius 1 is 2.00 bits per heavy atom. The quantitative estimate of drug-likeness (QED) is 0.421. The first kappa shape index (κ1) is 7.27. The second kappa shape index (κ2) is 3.85. The number of ether oxygens (including phenoxy) is 2. The molecule has 1 fully saturated rings. The Labute approximate surface area is 74.3 Å². The second-order valence-corrected chi connectivity index (χ2v) is 3.87. The topological polar surface area (TPSA) is 38.7 Å². The fourth-order valence-corrected chi connectivity index (χ4v) is 1.79. The van der Waals surface area contributed by atoms with Crippen LogP contribution in [0.3, 0.4) is 0 Å². The van der Waals surface area contributed by atoms with Gasteiger partial charge in [0.05, 0.1) is 0 Å². The summed E-state index contributed by atoms with van der Waals surface area (Å²) < 4.78 is 17.8. The summed E-state index contributed by atoms with van der Waals surface area (Å²) in [6.45, 7) is 0.0170. The average molecular weight is 260 g/mol. The number of rotatable bonds is 3. The van der Waals surface area contributed by atoms with Crippen molar-refractivity contribution < 1.29 is 37.0 Å². The Morgan fingerprint density at radius 2 is 2.80 bits per heavy atom. The molecule has 0 spiro atoms. The van der Waals surface area contributed by atoms with Gasteiger partial charge in [-0.15, -0.1) is 0 Å². The maximum absolute atomic E-state index is 8.83. The molecule has 3 nitrogen and oxygen atoms in total. The zero-order chi connectivity index (χ0) is 8.27. The van der Waals surface area contributed by atoms with E-state index in [1.807, 2.05) is 0 Å². The predicted octanol–water partition coefficient (Wildman–Crippen LogP) is -3.61. The van der Waals surface area contributed by atoms with E-state index in [1.54, 1.807) is 7.11 Å². The van der Waals surface area contributed by atoms with Crippen molar-refractivity contribution in [2.45, 2.75) is 22.7 Å². The van der Waals surface area contributed by atoms with Gasteiger partial charge in [-0.25, -0.2) is 0 Å². The summed E-state index contributed by atoms with van der Waals surface area (Å²) in [5.74, 6) is 0. The Bertz CT molecular complexity index is 112. The van der Waals surface area contributed by atoms with Gasteiger partial charge in [-0.2, -0.15) is 0 Å². The molecule has 3 atom stereocenters. The molecule has 1 unspecified atom stereocenters. The van der Waals surface area contributed by atoms with Crippen LogP contribution >= 0.6 is 0 Å². The van der Waals surface area contributed by atoms with E-state index in [0.29, 0.717) is 0 Å². The van der Waals surface area contributed by atoms with E-state index >= 15 is 0 Å². The molecular formula is C6H12IO3-. The van der Waals surface area contributed by atoms with Crippen LogP contribution in [0.1, 0.15) is 6.42 Å². The molecule has 4 heteroatoms. The van der Waals surface area contributed by atoms with Crippen LogP contribution in [0.4, 0.5) is 0 Å². The molecule has 0 aromatic rings. The van der Waals surface area contributed by atoms with Crippen molar-refractivity contribution in [1.82, 2.24) is 0 Å². The SMILES string of the molecule is [2H][I-][C@@H]1CC(OC)O[C@@H]1CO. The van der Waals surface area contributed by atoms with E-state index in [0.717, 1.165) is 6.42 Å². The molecule has 1 heterocycles. The first-order valence-electron chi connectivity index (χ1n) is 3.59. The van der Waals surface area contributed by atoms with Crippen molar-refractivity contribution in [3.05, 3.63) is 0 Å². The van der Waals surface area contributed by atoms with Gasteiger partial charge < -0.3 is 0 Å². The van der Waals surface area contributed by atoms with Crippen molar-refractivity contribution in [2.75, 3.05) is 13.7 Å². The summed E-state index contributed by atoms with van der Waals surface area (Å²) in [6.07, 6.45) is 0.436. The minimum atomic E-state index is -0.591. The van der Waals surface area contributed by atoms with Crippen molar-refractivity contribution in [3.63, 3.8) is 0 Å². The molecule has 62 valence electrons. The van der Waals surface area contributed by atoms with Crippen LogP contribution in [0.5, 0.6) is 0 Å². The van der Waals surface area contributed by atoms with E-state index in [9.17, 15) is 0 Å². The van der Waals surface area contributed by atoms with E-state index in [1.165, 1.54) is 0 Å². The molecule has 0 aromatic carbocycles. The van der Waals surface area contributed by atoms with Gasteiger partial charge in [0.1, 0.15) is 0 Å². The summed E-state index contributed by atoms with van der Waals surface area (Å²) >= 11 is -0.591. The Hall–Kier alpha value is 0.610. The van der Waals surface area contributed by atoms with Crippen LogP contribution in [-0.2, 0) is 9.47 Å². The zero-order valence-corrected chi connectivity index (χ0v) is 7.95. The summed E-state index contributed by atoms with van der Waals surface area (Å²) in [4.78, 5) is 0. The molecule has 0 bridgehead atoms. The van der Waals surface area contributed by atoms with Gasteiger partial charge in [-0.1, -0.05) is 0 Å². The molecule has 1 aliphatic heterocycles. The third-order valence-electron chi connectivity index (χ3n) is 1.59. The Kier molecular flexibility index (Phi) is 2.80. The van der Waals surface area contributed by atoms with E-state index in [-0.39, 0.29) is 22.9 Å². The van der Waals surface area contributed by atoms with Gasteiger partial charge in [0.15, 0.2) is 0 Å². The number of hydrogen-bond donors (Lipinski definition) is 1.